The lowest BCUT2D eigenvalue weighted by atomic mass is 10.0. The Hall–Kier alpha value is -3.53. The number of likely N-dealkylation sites (tertiary alicyclic amines) is 1. The maximum atomic E-state index is 13.1. The topological polar surface area (TPSA) is 110 Å². The van der Waals surface area contributed by atoms with Crippen molar-refractivity contribution in [1.29, 1.82) is 0 Å². The number of phenolic OH excluding ortho intramolecular Hbond substituents is 1. The minimum atomic E-state index is -0.213. The minimum absolute atomic E-state index is 0.0212. The van der Waals surface area contributed by atoms with E-state index in [0.29, 0.717) is 28.0 Å². The van der Waals surface area contributed by atoms with Crippen LogP contribution in [0.15, 0.2) is 53.7 Å². The lowest BCUT2D eigenvalue weighted by Crippen LogP contribution is -2.43. The number of hydrogen-bond donors (Lipinski definition) is 2. The Labute approximate surface area is 208 Å². The van der Waals surface area contributed by atoms with E-state index in [1.807, 2.05) is 4.90 Å². The van der Waals surface area contributed by atoms with Crippen molar-refractivity contribution in [3.63, 3.8) is 0 Å². The first-order valence-electron chi connectivity index (χ1n) is 11.5. The number of aromatic nitrogens is 3. The molecule has 0 aliphatic carbocycles. The molecule has 184 valence electrons. The van der Waals surface area contributed by atoms with Crippen LogP contribution in [-0.4, -0.2) is 62.0 Å². The number of thioether (sulfide) groups is 1. The molecule has 1 aliphatic heterocycles. The van der Waals surface area contributed by atoms with E-state index in [0.717, 1.165) is 25.8 Å². The molecule has 0 saturated carbocycles. The number of ether oxygens (including phenoxy) is 1. The molecule has 2 N–H and O–H groups in total. The maximum Gasteiger partial charge on any atom is 0.244 e. The van der Waals surface area contributed by atoms with Gasteiger partial charge in [-0.2, -0.15) is 0 Å². The van der Waals surface area contributed by atoms with Gasteiger partial charge in [0, 0.05) is 18.3 Å². The van der Waals surface area contributed by atoms with E-state index in [2.05, 4.69) is 22.3 Å². The fourth-order valence-electron chi connectivity index (χ4n) is 4.00. The van der Waals surface area contributed by atoms with Gasteiger partial charge in [0.1, 0.15) is 18.0 Å². The lowest BCUT2D eigenvalue weighted by Gasteiger charge is -2.33. The van der Waals surface area contributed by atoms with Gasteiger partial charge >= 0.3 is 0 Å². The number of rotatable bonds is 8. The van der Waals surface area contributed by atoms with E-state index in [-0.39, 0.29) is 35.9 Å². The number of methoxy groups -OCH3 is 1. The molecule has 1 unspecified atom stereocenters. The monoisotopic (exact) mass is 495 g/mol. The molecule has 0 bridgehead atoms. The molecule has 1 aliphatic rings. The Kier molecular flexibility index (Phi) is 7.91. The standard InChI is InChI=1S/C25H29N5O4S/c1-17-7-5-6-14-29(17)23(33)15-30-25(27-24(28-30)20-8-3-4-9-21(20)31)35-16-22(32)26-18-10-12-19(34-2)13-11-18/h3-4,8-13,17,31H,5-7,14-16H2,1-2H3,(H,26,32). The number of benzene rings is 2. The number of carbonyl (C=O) groups excluding carboxylic acids is 2. The van der Waals surface area contributed by atoms with Crippen molar-refractivity contribution >= 4 is 29.3 Å². The van der Waals surface area contributed by atoms with Crippen LogP contribution >= 0.6 is 11.8 Å². The van der Waals surface area contributed by atoms with Gasteiger partial charge in [0.15, 0.2) is 11.0 Å². The molecule has 4 rings (SSSR count). The fraction of sp³-hybridized carbons (Fsp3) is 0.360. The first-order chi connectivity index (χ1) is 16.9. The number of hydrogen-bond acceptors (Lipinski definition) is 7. The second kappa shape index (κ2) is 11.3. The van der Waals surface area contributed by atoms with Crippen molar-refractivity contribution in [1.82, 2.24) is 19.7 Å². The van der Waals surface area contributed by atoms with Crippen LogP contribution in [-0.2, 0) is 16.1 Å². The zero-order chi connectivity index (χ0) is 24.8. The second-order valence-electron chi connectivity index (χ2n) is 8.39. The molecule has 1 saturated heterocycles. The number of phenols is 1. The van der Waals surface area contributed by atoms with E-state index >= 15 is 0 Å². The molecule has 1 atom stereocenters. The molecule has 0 spiro atoms. The summed E-state index contributed by atoms with van der Waals surface area (Å²) in [5.74, 6) is 0.898. The van der Waals surface area contributed by atoms with Crippen LogP contribution in [0.25, 0.3) is 11.4 Å². The molecule has 2 aromatic carbocycles. The maximum absolute atomic E-state index is 13.1. The second-order valence-corrected chi connectivity index (χ2v) is 9.33. The molecule has 0 radical (unpaired) electrons. The van der Waals surface area contributed by atoms with Gasteiger partial charge in [-0.15, -0.1) is 5.10 Å². The normalized spacial score (nSPS) is 15.6. The first kappa shape index (κ1) is 24.6. The summed E-state index contributed by atoms with van der Waals surface area (Å²) >= 11 is 1.19. The zero-order valence-corrected chi connectivity index (χ0v) is 20.6. The number of nitrogens with one attached hydrogen (secondary N) is 1. The Balaban J connectivity index is 1.50. The summed E-state index contributed by atoms with van der Waals surface area (Å²) in [6.07, 6.45) is 3.10. The van der Waals surface area contributed by atoms with Gasteiger partial charge < -0.3 is 20.1 Å². The summed E-state index contributed by atoms with van der Waals surface area (Å²) in [4.78, 5) is 32.1. The van der Waals surface area contributed by atoms with E-state index < -0.39 is 0 Å². The van der Waals surface area contributed by atoms with Gasteiger partial charge in [-0.25, -0.2) is 9.67 Å². The SMILES string of the molecule is COc1ccc(NC(=O)CSc2nc(-c3ccccc3O)nn2CC(=O)N2CCCCC2C)cc1. The van der Waals surface area contributed by atoms with Crippen molar-refractivity contribution in [2.45, 2.75) is 43.9 Å². The molecule has 2 amide bonds. The van der Waals surface area contributed by atoms with Gasteiger partial charge in [-0.3, -0.25) is 9.59 Å². The largest absolute Gasteiger partial charge is 0.507 e. The van der Waals surface area contributed by atoms with Crippen LogP contribution in [0.4, 0.5) is 5.69 Å². The predicted molar refractivity (Wildman–Crippen MR) is 134 cm³/mol. The number of aromatic hydroxyl groups is 1. The summed E-state index contributed by atoms with van der Waals surface area (Å²) in [6.45, 7) is 2.81. The Morgan fingerprint density at radius 2 is 1.94 bits per heavy atom. The van der Waals surface area contributed by atoms with Crippen LogP contribution in [0.3, 0.4) is 0 Å². The Bertz CT molecular complexity index is 1180. The highest BCUT2D eigenvalue weighted by Crippen LogP contribution is 2.29. The van der Waals surface area contributed by atoms with Crippen LogP contribution in [0.2, 0.25) is 0 Å². The van der Waals surface area contributed by atoms with Crippen molar-refractivity contribution < 1.29 is 19.4 Å². The van der Waals surface area contributed by atoms with Crippen molar-refractivity contribution in [3.8, 4) is 22.9 Å². The Morgan fingerprint density at radius 3 is 2.66 bits per heavy atom. The average molecular weight is 496 g/mol. The smallest absolute Gasteiger partial charge is 0.244 e. The molecule has 3 aromatic rings. The van der Waals surface area contributed by atoms with Crippen molar-refractivity contribution in [2.24, 2.45) is 0 Å². The van der Waals surface area contributed by atoms with Crippen molar-refractivity contribution in [3.05, 3.63) is 48.5 Å². The summed E-state index contributed by atoms with van der Waals surface area (Å²) < 4.78 is 6.66. The van der Waals surface area contributed by atoms with Crippen molar-refractivity contribution in [2.75, 3.05) is 24.7 Å². The molecule has 9 nitrogen and oxygen atoms in total. The summed E-state index contributed by atoms with van der Waals surface area (Å²) in [5.41, 5.74) is 1.12. The number of carbonyl (C=O) groups is 2. The highest BCUT2D eigenvalue weighted by atomic mass is 32.2. The number of anilines is 1. The van der Waals surface area contributed by atoms with Crippen LogP contribution in [0, 0.1) is 0 Å². The van der Waals surface area contributed by atoms with Crippen LogP contribution in [0.1, 0.15) is 26.2 Å². The van der Waals surface area contributed by atoms with Gasteiger partial charge in [0.2, 0.25) is 11.8 Å². The Morgan fingerprint density at radius 1 is 1.17 bits per heavy atom. The summed E-state index contributed by atoms with van der Waals surface area (Å²) in [5, 5.41) is 18.1. The van der Waals surface area contributed by atoms with E-state index in [1.165, 1.54) is 16.4 Å². The van der Waals surface area contributed by atoms with Crippen LogP contribution in [0.5, 0.6) is 11.5 Å². The highest BCUT2D eigenvalue weighted by molar-refractivity contribution is 7.99. The van der Waals surface area contributed by atoms with E-state index in [4.69, 9.17) is 4.74 Å². The molecule has 35 heavy (non-hydrogen) atoms. The third-order valence-corrected chi connectivity index (χ3v) is 6.86. The third kappa shape index (κ3) is 6.13. The van der Waals surface area contributed by atoms with Gasteiger partial charge in [0.25, 0.3) is 0 Å². The molecular weight excluding hydrogens is 466 g/mol. The molecule has 1 fully saturated rings. The number of amides is 2. The van der Waals surface area contributed by atoms with E-state index in [9.17, 15) is 14.7 Å². The molecular formula is C25H29N5O4S. The van der Waals surface area contributed by atoms with Gasteiger partial charge in [-0.05, 0) is 62.6 Å². The fourth-order valence-corrected chi connectivity index (χ4v) is 4.74. The molecule has 2 heterocycles. The number of piperidine rings is 1. The summed E-state index contributed by atoms with van der Waals surface area (Å²) in [7, 11) is 1.58. The quantitative estimate of drug-likeness (QED) is 0.458. The highest BCUT2D eigenvalue weighted by Gasteiger charge is 2.25. The summed E-state index contributed by atoms with van der Waals surface area (Å²) in [6, 6.07) is 14.0. The average Bonchev–Trinajstić information content (AvgIpc) is 3.26. The first-order valence-corrected chi connectivity index (χ1v) is 12.5. The molecule has 1 aromatic heterocycles. The van der Waals surface area contributed by atoms with Gasteiger partial charge in [0.05, 0.1) is 18.4 Å². The third-order valence-electron chi connectivity index (χ3n) is 5.90. The zero-order valence-electron chi connectivity index (χ0n) is 19.8. The number of para-hydroxylation sites is 1. The van der Waals surface area contributed by atoms with E-state index in [1.54, 1.807) is 55.6 Å². The molecule has 10 heteroatoms. The van der Waals surface area contributed by atoms with Crippen LogP contribution < -0.4 is 10.1 Å². The predicted octanol–water partition coefficient (Wildman–Crippen LogP) is 3.79. The number of nitrogens with zero attached hydrogens (tertiary/aromatic N) is 4. The van der Waals surface area contributed by atoms with Gasteiger partial charge in [-0.1, -0.05) is 23.9 Å². The minimum Gasteiger partial charge on any atom is -0.507 e. The lowest BCUT2D eigenvalue weighted by molar-refractivity contribution is -0.135.